The van der Waals surface area contributed by atoms with E-state index in [2.05, 4.69) is 12.1 Å². The first-order valence-electron chi connectivity index (χ1n) is 4.03. The molecule has 2 aromatic carbocycles. The minimum absolute atomic E-state index is 0.466. The fraction of sp³-hybridized carbons (Fsp3) is 0. The molecule has 0 unspecified atom stereocenters. The van der Waals surface area contributed by atoms with Crippen molar-refractivity contribution in [2.24, 2.45) is 0 Å². The number of rotatable bonds is 0. The molecule has 0 heterocycles. The van der Waals surface area contributed by atoms with Crippen LogP contribution in [0.4, 0.5) is 8.78 Å². The summed E-state index contributed by atoms with van der Waals surface area (Å²) in [6.45, 7) is 0. The molecule has 0 aromatic heterocycles. The van der Waals surface area contributed by atoms with Crippen LogP contribution in [0.2, 0.25) is 0 Å². The molecule has 2 heteroatoms. The second kappa shape index (κ2) is 5.86. The highest BCUT2D eigenvalue weighted by Gasteiger charge is 1.87. The van der Waals surface area contributed by atoms with E-state index in [1.807, 2.05) is 30.3 Å². The molecule has 14 heavy (non-hydrogen) atoms. The Morgan fingerprint density at radius 2 is 1.64 bits per heavy atom. The lowest BCUT2D eigenvalue weighted by molar-refractivity contribution is 0.598. The average molecular weight is 190 g/mol. The predicted molar refractivity (Wildman–Crippen MR) is 50.5 cm³/mol. The zero-order valence-electron chi connectivity index (χ0n) is 7.37. The van der Waals surface area contributed by atoms with Gasteiger partial charge in [-0.3, -0.25) is 0 Å². The fourth-order valence-corrected chi connectivity index (χ4v) is 0.729. The van der Waals surface area contributed by atoms with Gasteiger partial charge in [0.15, 0.2) is 0 Å². The maximum Gasteiger partial charge on any atom is 0.131 e. The van der Waals surface area contributed by atoms with Crippen LogP contribution in [0, 0.1) is 23.8 Å². The first-order chi connectivity index (χ1) is 6.79. The minimum atomic E-state index is -0.536. The highest BCUT2D eigenvalue weighted by molar-refractivity contribution is 5.03. The first kappa shape index (κ1) is 10.4. The molecule has 0 atom stereocenters. The van der Waals surface area contributed by atoms with E-state index in [4.69, 9.17) is 0 Å². The molecule has 0 saturated carbocycles. The van der Waals surface area contributed by atoms with Gasteiger partial charge in [-0.15, -0.1) is 0 Å². The first-order valence-corrected chi connectivity index (χ1v) is 4.03. The molecule has 0 saturated heterocycles. The summed E-state index contributed by atoms with van der Waals surface area (Å²) in [6.07, 6.45) is 0. The summed E-state index contributed by atoms with van der Waals surface area (Å²) in [5.41, 5.74) is 0. The van der Waals surface area contributed by atoms with Gasteiger partial charge >= 0.3 is 0 Å². The van der Waals surface area contributed by atoms with Crippen LogP contribution in [0.1, 0.15) is 0 Å². The predicted octanol–water partition coefficient (Wildman–Crippen LogP) is 3.25. The van der Waals surface area contributed by atoms with Crippen LogP contribution >= 0.6 is 0 Å². The van der Waals surface area contributed by atoms with Gasteiger partial charge in [0.2, 0.25) is 0 Å². The quantitative estimate of drug-likeness (QED) is 0.598. The molecule has 2 radical (unpaired) electrons. The van der Waals surface area contributed by atoms with Gasteiger partial charge in [-0.05, 0) is 24.3 Å². The molecule has 0 aliphatic heterocycles. The van der Waals surface area contributed by atoms with E-state index >= 15 is 0 Å². The minimum Gasteiger partial charge on any atom is -0.207 e. The van der Waals surface area contributed by atoms with E-state index in [1.165, 1.54) is 0 Å². The van der Waals surface area contributed by atoms with E-state index in [1.54, 1.807) is 0 Å². The van der Waals surface area contributed by atoms with E-state index in [0.717, 1.165) is 18.2 Å². The Morgan fingerprint density at radius 1 is 0.929 bits per heavy atom. The topological polar surface area (TPSA) is 0 Å². The summed E-state index contributed by atoms with van der Waals surface area (Å²) < 4.78 is 23.8. The Bertz CT molecular complexity index is 293. The van der Waals surface area contributed by atoms with Crippen molar-refractivity contribution >= 4 is 0 Å². The van der Waals surface area contributed by atoms with Gasteiger partial charge in [-0.2, -0.15) is 0 Å². The molecule has 0 nitrogen and oxygen atoms in total. The van der Waals surface area contributed by atoms with Crippen LogP contribution < -0.4 is 0 Å². The highest BCUT2D eigenvalue weighted by Crippen LogP contribution is 1.97. The molecule has 0 aliphatic rings. The number of hydrogen-bond acceptors (Lipinski definition) is 0. The van der Waals surface area contributed by atoms with E-state index in [-0.39, 0.29) is 0 Å². The lowest BCUT2D eigenvalue weighted by Gasteiger charge is -1.82. The van der Waals surface area contributed by atoms with E-state index in [0.29, 0.717) is 0 Å². The molecule has 0 amide bonds. The molecule has 0 N–H and O–H groups in total. The molecule has 0 spiro atoms. The summed E-state index contributed by atoms with van der Waals surface area (Å²) >= 11 is 0. The number of hydrogen-bond donors (Lipinski definition) is 0. The van der Waals surface area contributed by atoms with Gasteiger partial charge in [0.1, 0.15) is 11.6 Å². The van der Waals surface area contributed by atoms with Gasteiger partial charge in [0, 0.05) is 6.07 Å². The summed E-state index contributed by atoms with van der Waals surface area (Å²) in [5.74, 6) is -1.00. The molecular weight excluding hydrogens is 182 g/mol. The number of benzene rings is 2. The van der Waals surface area contributed by atoms with Crippen LogP contribution in [0.5, 0.6) is 0 Å². The zero-order valence-corrected chi connectivity index (χ0v) is 7.37. The summed E-state index contributed by atoms with van der Waals surface area (Å²) in [6, 6.07) is 17.6. The Hall–Kier alpha value is -1.70. The second-order valence-electron chi connectivity index (χ2n) is 2.43. The van der Waals surface area contributed by atoms with Crippen LogP contribution in [0.3, 0.4) is 0 Å². The summed E-state index contributed by atoms with van der Waals surface area (Å²) in [4.78, 5) is 0. The molecule has 2 aromatic rings. The van der Waals surface area contributed by atoms with Crippen molar-refractivity contribution in [2.75, 3.05) is 0 Å². The lowest BCUT2D eigenvalue weighted by Crippen LogP contribution is -1.73. The molecule has 0 aliphatic carbocycles. The Kier molecular flexibility index (Phi) is 4.35. The standard InChI is InChI=1S/C6H3F2.C6H5/c7-5-1-2-6(8)4-3-5;1-2-4-6-5-3-1/h1-3H;1-5H. The van der Waals surface area contributed by atoms with Crippen molar-refractivity contribution in [1.82, 2.24) is 0 Å². The Morgan fingerprint density at radius 3 is 1.93 bits per heavy atom. The van der Waals surface area contributed by atoms with Crippen molar-refractivity contribution in [1.29, 1.82) is 0 Å². The van der Waals surface area contributed by atoms with Gasteiger partial charge in [-0.25, -0.2) is 8.78 Å². The third-order valence-electron chi connectivity index (χ3n) is 1.34. The van der Waals surface area contributed by atoms with Gasteiger partial charge < -0.3 is 0 Å². The van der Waals surface area contributed by atoms with E-state index < -0.39 is 11.6 Å². The van der Waals surface area contributed by atoms with Crippen molar-refractivity contribution < 1.29 is 8.78 Å². The highest BCUT2D eigenvalue weighted by atomic mass is 19.1. The SMILES string of the molecule is Fc1[c]cc(F)cc1.[c]1ccccc1. The maximum absolute atomic E-state index is 11.9. The van der Waals surface area contributed by atoms with Crippen molar-refractivity contribution in [3.63, 3.8) is 0 Å². The van der Waals surface area contributed by atoms with Crippen molar-refractivity contribution in [3.8, 4) is 0 Å². The fourth-order valence-electron chi connectivity index (χ4n) is 0.729. The van der Waals surface area contributed by atoms with Gasteiger partial charge in [0.05, 0.1) is 0 Å². The van der Waals surface area contributed by atoms with E-state index in [9.17, 15) is 8.78 Å². The molecule has 70 valence electrons. The van der Waals surface area contributed by atoms with Crippen molar-refractivity contribution in [2.45, 2.75) is 0 Å². The average Bonchev–Trinajstić information content (AvgIpc) is 2.26. The molecule has 0 fully saturated rings. The summed E-state index contributed by atoms with van der Waals surface area (Å²) in [5, 5.41) is 0. The molecular formula is C12H8F2. The lowest BCUT2D eigenvalue weighted by atomic mass is 10.3. The third kappa shape index (κ3) is 4.36. The van der Waals surface area contributed by atoms with Crippen LogP contribution in [0.25, 0.3) is 0 Å². The van der Waals surface area contributed by atoms with Gasteiger partial charge in [-0.1, -0.05) is 30.3 Å². The van der Waals surface area contributed by atoms with Crippen LogP contribution in [0.15, 0.2) is 48.5 Å². The zero-order chi connectivity index (χ0) is 10.2. The smallest absolute Gasteiger partial charge is 0.131 e. The summed E-state index contributed by atoms with van der Waals surface area (Å²) in [7, 11) is 0. The molecule has 2 rings (SSSR count). The van der Waals surface area contributed by atoms with Crippen LogP contribution in [-0.4, -0.2) is 0 Å². The van der Waals surface area contributed by atoms with Crippen LogP contribution in [-0.2, 0) is 0 Å². The van der Waals surface area contributed by atoms with Crippen molar-refractivity contribution in [3.05, 3.63) is 72.3 Å². The molecule has 0 bridgehead atoms. The number of halogens is 2. The third-order valence-corrected chi connectivity index (χ3v) is 1.34. The Balaban J connectivity index is 0.000000146. The Labute approximate surface area is 81.8 Å². The normalized spacial score (nSPS) is 8.71. The maximum atomic E-state index is 11.9. The monoisotopic (exact) mass is 190 g/mol. The second-order valence-corrected chi connectivity index (χ2v) is 2.43. The largest absolute Gasteiger partial charge is 0.207 e. The van der Waals surface area contributed by atoms with Gasteiger partial charge in [0.25, 0.3) is 0 Å².